The summed E-state index contributed by atoms with van der Waals surface area (Å²) in [5.41, 5.74) is 0.937. The van der Waals surface area contributed by atoms with Crippen LogP contribution in [-0.4, -0.2) is 85.5 Å². The smallest absolute Gasteiger partial charge is 0.236 e. The minimum absolute atomic E-state index is 0.0361. The number of halogens is 2. The number of carbonyl (C=O) groups is 2. The predicted molar refractivity (Wildman–Crippen MR) is 155 cm³/mol. The van der Waals surface area contributed by atoms with E-state index in [0.29, 0.717) is 6.54 Å². The van der Waals surface area contributed by atoms with Crippen LogP contribution in [0, 0.1) is 17.6 Å². The molecule has 0 bridgehead atoms. The van der Waals surface area contributed by atoms with Crippen LogP contribution in [0.4, 0.5) is 8.78 Å². The summed E-state index contributed by atoms with van der Waals surface area (Å²) >= 11 is 0. The fourth-order valence-corrected chi connectivity index (χ4v) is 6.57. The molecule has 2 amide bonds. The van der Waals surface area contributed by atoms with E-state index in [1.165, 1.54) is 10.4 Å². The minimum Gasteiger partial charge on any atom is -0.389 e. The summed E-state index contributed by atoms with van der Waals surface area (Å²) in [6, 6.07) is 10.2. The Bertz CT molecular complexity index is 1350. The third kappa shape index (κ3) is 8.43. The van der Waals surface area contributed by atoms with E-state index in [4.69, 9.17) is 0 Å². The number of carbonyl (C=O) groups excluding carboxylic acids is 2. The van der Waals surface area contributed by atoms with Gasteiger partial charge in [0, 0.05) is 56.7 Å². The van der Waals surface area contributed by atoms with Crippen molar-refractivity contribution in [3.63, 3.8) is 0 Å². The summed E-state index contributed by atoms with van der Waals surface area (Å²) in [6.45, 7) is 3.16. The van der Waals surface area contributed by atoms with Crippen molar-refractivity contribution in [2.24, 2.45) is 5.92 Å². The van der Waals surface area contributed by atoms with Gasteiger partial charge in [0.1, 0.15) is 11.6 Å². The Morgan fingerprint density at radius 3 is 2.57 bits per heavy atom. The number of hydrogen-bond acceptors (Lipinski definition) is 6. The summed E-state index contributed by atoms with van der Waals surface area (Å²) in [5, 5.41) is 18.5. The molecule has 2 aromatic carbocycles. The first-order valence-electron chi connectivity index (χ1n) is 14.2. The minimum atomic E-state index is -3.83. The van der Waals surface area contributed by atoms with Crippen molar-refractivity contribution in [3.05, 3.63) is 76.7 Å². The molecule has 0 saturated carbocycles. The van der Waals surface area contributed by atoms with Crippen LogP contribution >= 0.6 is 0 Å². The molecule has 228 valence electrons. The molecule has 2 aliphatic rings. The van der Waals surface area contributed by atoms with Crippen LogP contribution in [0.15, 0.2) is 53.9 Å². The van der Waals surface area contributed by atoms with Gasteiger partial charge in [-0.05, 0) is 42.2 Å². The Balaban J connectivity index is 1.50. The third-order valence-corrected chi connectivity index (χ3v) is 9.19. The summed E-state index contributed by atoms with van der Waals surface area (Å²) in [7, 11) is -3.83. The van der Waals surface area contributed by atoms with Gasteiger partial charge in [0.25, 0.3) is 0 Å². The average molecular weight is 605 g/mol. The molecule has 12 heteroatoms. The van der Waals surface area contributed by atoms with Gasteiger partial charge in [-0.15, -0.1) is 0 Å². The van der Waals surface area contributed by atoms with E-state index < -0.39 is 51.7 Å². The zero-order valence-electron chi connectivity index (χ0n) is 23.6. The second-order valence-corrected chi connectivity index (χ2v) is 12.7. The topological polar surface area (TPSA) is 119 Å². The summed E-state index contributed by atoms with van der Waals surface area (Å²) in [5.74, 6) is -2.79. The molecular formula is C30H38F2N4O5S. The zero-order chi connectivity index (χ0) is 30.3. The van der Waals surface area contributed by atoms with Crippen molar-refractivity contribution in [2.75, 3.05) is 32.7 Å². The molecule has 0 spiro atoms. The fourth-order valence-electron chi connectivity index (χ4n) is 5.36. The Labute approximate surface area is 245 Å². The first-order chi connectivity index (χ1) is 20.1. The van der Waals surface area contributed by atoms with Gasteiger partial charge >= 0.3 is 0 Å². The number of sulfonamides is 1. The molecule has 0 radical (unpaired) electrons. The van der Waals surface area contributed by atoms with E-state index in [-0.39, 0.29) is 50.5 Å². The van der Waals surface area contributed by atoms with E-state index in [2.05, 4.69) is 10.6 Å². The molecule has 9 nitrogen and oxygen atoms in total. The molecule has 2 saturated heterocycles. The van der Waals surface area contributed by atoms with Crippen molar-refractivity contribution in [1.29, 1.82) is 0 Å². The van der Waals surface area contributed by atoms with Crippen molar-refractivity contribution >= 4 is 27.9 Å². The van der Waals surface area contributed by atoms with Crippen LogP contribution in [-0.2, 0) is 26.0 Å². The van der Waals surface area contributed by atoms with Crippen molar-refractivity contribution < 1.29 is 31.9 Å². The van der Waals surface area contributed by atoms with Gasteiger partial charge in [-0.1, -0.05) is 43.7 Å². The predicted octanol–water partition coefficient (Wildman–Crippen LogP) is 2.28. The highest BCUT2D eigenvalue weighted by atomic mass is 32.2. The highest BCUT2D eigenvalue weighted by Gasteiger charge is 2.38. The molecule has 0 aliphatic carbocycles. The Hall–Kier alpha value is -3.19. The standard InChI is InChI=1S/C30H38F2N4O5S/c1-2-3-11-35-19-23(17-28(35)37)30(39)34-26(16-22-14-24(31)18-25(32)15-22)29(38)27-20-36(12-10-33-27)42(40,41)13-9-21-7-5-4-6-8-21/h4-9,13-15,18,23,26-27,29,33,38H,2-3,10-12,16-17,19-20H2,1H3,(H,34,39)/b13-9+/t23?,26?,27-,29+/m1/s1. The number of likely N-dealkylation sites (tertiary alicyclic amines) is 1. The Morgan fingerprint density at radius 1 is 1.17 bits per heavy atom. The lowest BCUT2D eigenvalue weighted by Gasteiger charge is -2.38. The second-order valence-electron chi connectivity index (χ2n) is 10.9. The lowest BCUT2D eigenvalue weighted by Crippen LogP contribution is -2.62. The molecule has 4 rings (SSSR count). The van der Waals surface area contributed by atoms with Crippen molar-refractivity contribution in [1.82, 2.24) is 19.8 Å². The average Bonchev–Trinajstić information content (AvgIpc) is 3.34. The number of aliphatic hydroxyl groups is 1. The number of unbranched alkanes of at least 4 members (excludes halogenated alkanes) is 1. The fraction of sp³-hybridized carbons (Fsp3) is 0.467. The SMILES string of the molecule is CCCCN1CC(C(=O)NC(Cc2cc(F)cc(F)c2)[C@H](O)[C@H]2CN(S(=O)(=O)/C=C/c3ccccc3)CCN2)CC1=O. The number of amides is 2. The zero-order valence-corrected chi connectivity index (χ0v) is 24.4. The third-order valence-electron chi connectivity index (χ3n) is 7.66. The van der Waals surface area contributed by atoms with E-state index in [1.54, 1.807) is 29.2 Å². The molecule has 2 unspecified atom stereocenters. The maximum absolute atomic E-state index is 14.0. The van der Waals surface area contributed by atoms with Gasteiger partial charge in [-0.3, -0.25) is 9.59 Å². The van der Waals surface area contributed by atoms with Crippen LogP contribution in [0.3, 0.4) is 0 Å². The Kier molecular flexibility index (Phi) is 10.8. The van der Waals surface area contributed by atoms with Crippen LogP contribution in [0.2, 0.25) is 0 Å². The molecule has 2 aromatic rings. The van der Waals surface area contributed by atoms with Gasteiger partial charge in [-0.25, -0.2) is 17.2 Å². The maximum Gasteiger partial charge on any atom is 0.236 e. The molecular weight excluding hydrogens is 566 g/mol. The first-order valence-corrected chi connectivity index (χ1v) is 15.7. The second kappa shape index (κ2) is 14.3. The highest BCUT2D eigenvalue weighted by Crippen LogP contribution is 2.21. The number of nitrogens with zero attached hydrogens (tertiary/aromatic N) is 2. The van der Waals surface area contributed by atoms with E-state index in [1.807, 2.05) is 13.0 Å². The van der Waals surface area contributed by atoms with E-state index in [0.717, 1.165) is 42.0 Å². The number of hydrogen-bond donors (Lipinski definition) is 3. The van der Waals surface area contributed by atoms with Crippen LogP contribution in [0.25, 0.3) is 6.08 Å². The van der Waals surface area contributed by atoms with Gasteiger partial charge in [0.15, 0.2) is 0 Å². The largest absolute Gasteiger partial charge is 0.389 e. The lowest BCUT2D eigenvalue weighted by molar-refractivity contribution is -0.129. The monoisotopic (exact) mass is 604 g/mol. The number of piperazine rings is 1. The maximum atomic E-state index is 14.0. The van der Waals surface area contributed by atoms with Gasteiger partial charge in [0.05, 0.1) is 18.1 Å². The first kappa shape index (κ1) is 31.7. The van der Waals surface area contributed by atoms with E-state index >= 15 is 0 Å². The van der Waals surface area contributed by atoms with Crippen LogP contribution in [0.1, 0.15) is 37.3 Å². The molecule has 2 fully saturated rings. The number of nitrogens with one attached hydrogen (secondary N) is 2. The quantitative estimate of drug-likeness (QED) is 0.342. The summed E-state index contributed by atoms with van der Waals surface area (Å²) in [4.78, 5) is 27.4. The Morgan fingerprint density at radius 2 is 1.88 bits per heavy atom. The highest BCUT2D eigenvalue weighted by molar-refractivity contribution is 7.92. The van der Waals surface area contributed by atoms with Gasteiger partial charge < -0.3 is 20.6 Å². The molecule has 2 aliphatic heterocycles. The number of aliphatic hydroxyl groups excluding tert-OH is 1. The van der Waals surface area contributed by atoms with E-state index in [9.17, 15) is 31.9 Å². The van der Waals surface area contributed by atoms with Crippen molar-refractivity contribution in [2.45, 2.75) is 50.8 Å². The summed E-state index contributed by atoms with van der Waals surface area (Å²) < 4.78 is 55.4. The number of rotatable bonds is 12. The van der Waals surface area contributed by atoms with Crippen molar-refractivity contribution in [3.8, 4) is 0 Å². The summed E-state index contributed by atoms with van der Waals surface area (Å²) in [6.07, 6.45) is 1.83. The molecule has 42 heavy (non-hydrogen) atoms. The molecule has 0 aromatic heterocycles. The van der Waals surface area contributed by atoms with Gasteiger partial charge in [-0.2, -0.15) is 4.31 Å². The van der Waals surface area contributed by atoms with Crippen LogP contribution < -0.4 is 10.6 Å². The van der Waals surface area contributed by atoms with Gasteiger partial charge in [0.2, 0.25) is 21.8 Å². The normalized spacial score (nSPS) is 21.5. The lowest BCUT2D eigenvalue weighted by atomic mass is 9.94. The molecule has 4 atom stereocenters. The molecule has 3 N–H and O–H groups in total. The number of benzene rings is 2. The van der Waals surface area contributed by atoms with Crippen LogP contribution in [0.5, 0.6) is 0 Å². The molecule has 2 heterocycles.